The minimum atomic E-state index is -0.352. The van der Waals surface area contributed by atoms with Crippen molar-refractivity contribution in [3.8, 4) is 0 Å². The molecule has 1 aliphatic heterocycles. The van der Waals surface area contributed by atoms with E-state index in [1.54, 1.807) is 0 Å². The van der Waals surface area contributed by atoms with Gasteiger partial charge in [0.25, 0.3) is 0 Å². The molecule has 1 amide bonds. The molecule has 0 aliphatic carbocycles. The first-order valence-corrected chi connectivity index (χ1v) is 8.43. The van der Waals surface area contributed by atoms with Crippen LogP contribution in [0.1, 0.15) is 43.7 Å². The summed E-state index contributed by atoms with van der Waals surface area (Å²) in [5, 5.41) is 3.11. The number of aryl methyl sites for hydroxylation is 1. The molecular weight excluding hydrogens is 274 g/mol. The van der Waals surface area contributed by atoms with Crippen molar-refractivity contribution in [2.24, 2.45) is 5.73 Å². The van der Waals surface area contributed by atoms with Gasteiger partial charge in [-0.2, -0.15) is 0 Å². The van der Waals surface area contributed by atoms with Gasteiger partial charge in [0.15, 0.2) is 0 Å². The first-order valence-electron chi connectivity index (χ1n) is 8.43. The molecule has 4 nitrogen and oxygen atoms in total. The van der Waals surface area contributed by atoms with E-state index in [9.17, 15) is 4.79 Å². The van der Waals surface area contributed by atoms with Gasteiger partial charge < -0.3 is 11.1 Å². The average molecular weight is 303 g/mol. The number of benzene rings is 1. The highest BCUT2D eigenvalue weighted by atomic mass is 16.2. The zero-order valence-electron chi connectivity index (χ0n) is 13.8. The van der Waals surface area contributed by atoms with E-state index in [4.69, 9.17) is 5.73 Å². The van der Waals surface area contributed by atoms with Gasteiger partial charge in [-0.1, -0.05) is 37.6 Å². The third-order valence-electron chi connectivity index (χ3n) is 4.53. The van der Waals surface area contributed by atoms with E-state index < -0.39 is 0 Å². The fourth-order valence-corrected chi connectivity index (χ4v) is 3.01. The van der Waals surface area contributed by atoms with Gasteiger partial charge in [-0.25, -0.2) is 0 Å². The quantitative estimate of drug-likeness (QED) is 0.847. The lowest BCUT2D eigenvalue weighted by Crippen LogP contribution is -2.49. The SMILES string of the molecule is CCCC(N)C(=O)NC1CCN(Cc2ccccc2C)CC1. The second kappa shape index (κ2) is 8.30. The van der Waals surface area contributed by atoms with Gasteiger partial charge in [-0.05, 0) is 37.3 Å². The number of hydrogen-bond donors (Lipinski definition) is 2. The molecule has 0 radical (unpaired) electrons. The van der Waals surface area contributed by atoms with Crippen LogP contribution in [0.3, 0.4) is 0 Å². The lowest BCUT2D eigenvalue weighted by molar-refractivity contribution is -0.123. The van der Waals surface area contributed by atoms with Crippen molar-refractivity contribution in [3.63, 3.8) is 0 Å². The lowest BCUT2D eigenvalue weighted by Gasteiger charge is -2.33. The smallest absolute Gasteiger partial charge is 0.237 e. The summed E-state index contributed by atoms with van der Waals surface area (Å²) in [5.74, 6) is 0.0132. The summed E-state index contributed by atoms with van der Waals surface area (Å²) < 4.78 is 0. The molecule has 1 unspecified atom stereocenters. The molecule has 1 heterocycles. The summed E-state index contributed by atoms with van der Waals surface area (Å²) in [5.41, 5.74) is 8.62. The summed E-state index contributed by atoms with van der Waals surface area (Å²) in [4.78, 5) is 14.4. The number of piperidine rings is 1. The third-order valence-corrected chi connectivity index (χ3v) is 4.53. The Morgan fingerprint density at radius 2 is 2.05 bits per heavy atom. The summed E-state index contributed by atoms with van der Waals surface area (Å²) in [6, 6.07) is 8.48. The van der Waals surface area contributed by atoms with Crippen molar-refractivity contribution < 1.29 is 4.79 Å². The second-order valence-corrected chi connectivity index (χ2v) is 6.38. The zero-order chi connectivity index (χ0) is 15.9. The van der Waals surface area contributed by atoms with Gasteiger partial charge in [0.1, 0.15) is 0 Å². The average Bonchev–Trinajstić information content (AvgIpc) is 2.51. The fraction of sp³-hybridized carbons (Fsp3) is 0.611. The highest BCUT2D eigenvalue weighted by Crippen LogP contribution is 2.16. The molecule has 3 N–H and O–H groups in total. The fourth-order valence-electron chi connectivity index (χ4n) is 3.01. The minimum absolute atomic E-state index is 0.0132. The monoisotopic (exact) mass is 303 g/mol. The number of hydrogen-bond acceptors (Lipinski definition) is 3. The van der Waals surface area contributed by atoms with Crippen LogP contribution in [0.25, 0.3) is 0 Å². The number of nitrogens with one attached hydrogen (secondary N) is 1. The van der Waals surface area contributed by atoms with Crippen LogP contribution in [0.5, 0.6) is 0 Å². The minimum Gasteiger partial charge on any atom is -0.352 e. The molecule has 0 bridgehead atoms. The van der Waals surface area contributed by atoms with Crippen LogP contribution < -0.4 is 11.1 Å². The largest absolute Gasteiger partial charge is 0.352 e. The Kier molecular flexibility index (Phi) is 6.40. The van der Waals surface area contributed by atoms with Gasteiger partial charge >= 0.3 is 0 Å². The molecule has 1 aromatic rings. The number of carbonyl (C=O) groups excluding carboxylic acids is 1. The number of carbonyl (C=O) groups is 1. The molecule has 122 valence electrons. The standard InChI is InChI=1S/C18H29N3O/c1-3-6-17(19)18(22)20-16-9-11-21(12-10-16)13-15-8-5-4-7-14(15)2/h4-5,7-8,16-17H,3,6,9-13,19H2,1-2H3,(H,20,22). The summed E-state index contributed by atoms with van der Waals surface area (Å²) in [7, 11) is 0. The van der Waals surface area contributed by atoms with Crippen LogP contribution in [-0.4, -0.2) is 36.0 Å². The first-order chi connectivity index (χ1) is 10.6. The topological polar surface area (TPSA) is 58.4 Å². The molecule has 0 saturated carbocycles. The summed E-state index contributed by atoms with van der Waals surface area (Å²) in [6.07, 6.45) is 3.73. The van der Waals surface area contributed by atoms with E-state index in [0.29, 0.717) is 0 Å². The number of amides is 1. The number of nitrogens with two attached hydrogens (primary N) is 1. The second-order valence-electron chi connectivity index (χ2n) is 6.38. The molecule has 1 aromatic carbocycles. The predicted octanol–water partition coefficient (Wildman–Crippen LogP) is 2.20. The molecule has 1 fully saturated rings. The van der Waals surface area contributed by atoms with Gasteiger partial charge in [-0.3, -0.25) is 9.69 Å². The van der Waals surface area contributed by atoms with Gasteiger partial charge in [0.05, 0.1) is 6.04 Å². The van der Waals surface area contributed by atoms with Crippen molar-refractivity contribution in [2.45, 2.75) is 58.2 Å². The van der Waals surface area contributed by atoms with Crippen LogP contribution in [0.4, 0.5) is 0 Å². The van der Waals surface area contributed by atoms with Crippen molar-refractivity contribution in [2.75, 3.05) is 13.1 Å². The van der Waals surface area contributed by atoms with Crippen molar-refractivity contribution in [1.29, 1.82) is 0 Å². The third kappa shape index (κ3) is 4.82. The van der Waals surface area contributed by atoms with Crippen LogP contribution in [0.15, 0.2) is 24.3 Å². The van der Waals surface area contributed by atoms with Gasteiger partial charge in [0.2, 0.25) is 5.91 Å². The van der Waals surface area contributed by atoms with E-state index in [0.717, 1.165) is 45.3 Å². The van der Waals surface area contributed by atoms with Crippen molar-refractivity contribution >= 4 is 5.91 Å². The van der Waals surface area contributed by atoms with E-state index in [2.05, 4.69) is 48.3 Å². The molecule has 22 heavy (non-hydrogen) atoms. The van der Waals surface area contributed by atoms with Crippen LogP contribution in [0.2, 0.25) is 0 Å². The molecule has 2 rings (SSSR count). The maximum absolute atomic E-state index is 12.0. The maximum Gasteiger partial charge on any atom is 0.237 e. The Balaban J connectivity index is 1.76. The highest BCUT2D eigenvalue weighted by Gasteiger charge is 2.22. The molecular formula is C18H29N3O. The van der Waals surface area contributed by atoms with Crippen LogP contribution in [0, 0.1) is 6.92 Å². The van der Waals surface area contributed by atoms with E-state index in [1.165, 1.54) is 11.1 Å². The number of rotatable bonds is 6. The molecule has 0 spiro atoms. The Morgan fingerprint density at radius 1 is 1.36 bits per heavy atom. The van der Waals surface area contributed by atoms with Crippen LogP contribution >= 0.6 is 0 Å². The highest BCUT2D eigenvalue weighted by molar-refractivity contribution is 5.81. The molecule has 0 aromatic heterocycles. The Hall–Kier alpha value is -1.39. The summed E-state index contributed by atoms with van der Waals surface area (Å²) >= 11 is 0. The zero-order valence-corrected chi connectivity index (χ0v) is 13.8. The predicted molar refractivity (Wildman–Crippen MR) is 90.5 cm³/mol. The van der Waals surface area contributed by atoms with Crippen LogP contribution in [-0.2, 0) is 11.3 Å². The maximum atomic E-state index is 12.0. The molecule has 4 heteroatoms. The Morgan fingerprint density at radius 3 is 2.68 bits per heavy atom. The van der Waals surface area contributed by atoms with Gasteiger partial charge in [-0.15, -0.1) is 0 Å². The van der Waals surface area contributed by atoms with E-state index in [-0.39, 0.29) is 18.0 Å². The van der Waals surface area contributed by atoms with Crippen molar-refractivity contribution in [3.05, 3.63) is 35.4 Å². The van der Waals surface area contributed by atoms with E-state index in [1.807, 2.05) is 0 Å². The Labute approximate surface area is 134 Å². The number of nitrogens with zero attached hydrogens (tertiary/aromatic N) is 1. The first kappa shape index (κ1) is 17.0. The van der Waals surface area contributed by atoms with E-state index >= 15 is 0 Å². The normalized spacial score (nSPS) is 18.1. The van der Waals surface area contributed by atoms with Gasteiger partial charge in [0, 0.05) is 25.7 Å². The molecule has 1 atom stereocenters. The molecule has 1 aliphatic rings. The lowest BCUT2D eigenvalue weighted by atomic mass is 10.0. The Bertz CT molecular complexity index is 481. The number of likely N-dealkylation sites (tertiary alicyclic amines) is 1. The molecule has 1 saturated heterocycles. The van der Waals surface area contributed by atoms with Crippen molar-refractivity contribution in [1.82, 2.24) is 10.2 Å². The summed E-state index contributed by atoms with van der Waals surface area (Å²) in [6.45, 7) is 7.28.